The summed E-state index contributed by atoms with van der Waals surface area (Å²) in [5, 5.41) is 20.2. The fraction of sp³-hybridized carbons (Fsp3) is 0.526. The van der Waals surface area contributed by atoms with Gasteiger partial charge in [0.15, 0.2) is 17.1 Å². The fourth-order valence-corrected chi connectivity index (χ4v) is 5.67. The van der Waals surface area contributed by atoms with Gasteiger partial charge in [0.25, 0.3) is 5.56 Å². The van der Waals surface area contributed by atoms with E-state index in [9.17, 15) is 24.7 Å². The summed E-state index contributed by atoms with van der Waals surface area (Å²) in [6.07, 6.45) is -3.11. The highest BCUT2D eigenvalue weighted by Gasteiger charge is 2.43. The van der Waals surface area contributed by atoms with Crippen molar-refractivity contribution >= 4 is 47.6 Å². The zero-order valence-corrected chi connectivity index (χ0v) is 22.0. The maximum Gasteiger partial charge on any atom is 0.352 e. The molecule has 1 unspecified atom stereocenters. The summed E-state index contributed by atoms with van der Waals surface area (Å²) in [5.74, 6) is -0.577. The maximum absolute atomic E-state index is 12.2. The summed E-state index contributed by atoms with van der Waals surface area (Å²) < 4.78 is 23.9. The minimum Gasteiger partial charge on any atom is -0.394 e. The Morgan fingerprint density at radius 1 is 1.41 bits per heavy atom. The molecule has 2 aromatic rings. The van der Waals surface area contributed by atoms with Gasteiger partial charge in [-0.3, -0.25) is 19.2 Å². The number of hydrogen-bond acceptors (Lipinski definition) is 12. The molecular weight excluding hydrogens is 561 g/mol. The van der Waals surface area contributed by atoms with Crippen molar-refractivity contribution in [3.05, 3.63) is 29.5 Å². The van der Waals surface area contributed by atoms with Gasteiger partial charge >= 0.3 is 12.7 Å². The number of aromatic nitrogens is 4. The lowest BCUT2D eigenvalue weighted by atomic mass is 10.2. The van der Waals surface area contributed by atoms with Gasteiger partial charge in [-0.25, -0.2) is 9.78 Å². The summed E-state index contributed by atoms with van der Waals surface area (Å²) in [7, 11) is 0. The number of nitrogen functional groups attached to an aromatic ring is 1. The van der Waals surface area contributed by atoms with Crippen LogP contribution in [0.25, 0.3) is 11.2 Å². The Morgan fingerprint density at radius 3 is 2.82 bits per heavy atom. The molecule has 2 amide bonds. The van der Waals surface area contributed by atoms with Crippen LogP contribution in [0.4, 0.5) is 10.7 Å². The number of aliphatic hydroxyl groups is 2. The van der Waals surface area contributed by atoms with E-state index in [0.29, 0.717) is 0 Å². The van der Waals surface area contributed by atoms with E-state index in [1.807, 2.05) is 0 Å². The molecule has 4 rings (SSSR count). The van der Waals surface area contributed by atoms with Crippen LogP contribution < -0.4 is 22.8 Å². The molecule has 0 aromatic carbocycles. The van der Waals surface area contributed by atoms with Crippen molar-refractivity contribution in [1.82, 2.24) is 24.4 Å². The van der Waals surface area contributed by atoms with Gasteiger partial charge in [-0.2, -0.15) is 9.98 Å². The highest BCUT2D eigenvalue weighted by atomic mass is 32.5. The van der Waals surface area contributed by atoms with Gasteiger partial charge < -0.3 is 50.8 Å². The number of ether oxygens (including phenoxy) is 2. The van der Waals surface area contributed by atoms with Crippen LogP contribution in [-0.2, 0) is 30.3 Å². The van der Waals surface area contributed by atoms with Crippen LogP contribution in [0.5, 0.6) is 0 Å². The minimum atomic E-state index is -3.95. The van der Waals surface area contributed by atoms with E-state index in [0.717, 1.165) is 11.1 Å². The molecule has 20 heteroatoms. The number of nitrogens with two attached hydrogens (primary N) is 3. The van der Waals surface area contributed by atoms with E-state index in [4.69, 9.17) is 47.5 Å². The molecule has 2 saturated heterocycles. The van der Waals surface area contributed by atoms with E-state index in [1.165, 1.54) is 10.9 Å². The first-order chi connectivity index (χ1) is 18.4. The van der Waals surface area contributed by atoms with Gasteiger partial charge in [0.1, 0.15) is 24.7 Å². The second kappa shape index (κ2) is 11.6. The average Bonchev–Trinajstić information content (AvgIpc) is 3.54. The smallest absolute Gasteiger partial charge is 0.352 e. The highest BCUT2D eigenvalue weighted by molar-refractivity contribution is 8.07. The zero-order valence-electron chi connectivity index (χ0n) is 20.3. The highest BCUT2D eigenvalue weighted by Crippen LogP contribution is 2.48. The van der Waals surface area contributed by atoms with Gasteiger partial charge in [-0.05, 0) is 11.8 Å². The molecule has 7 atom stereocenters. The van der Waals surface area contributed by atoms with Crippen molar-refractivity contribution in [3.63, 3.8) is 0 Å². The summed E-state index contributed by atoms with van der Waals surface area (Å²) in [6.45, 7) is -1.30. The number of aliphatic hydroxyl groups excluding tert-OH is 2. The third-order valence-corrected chi connectivity index (χ3v) is 7.54. The largest absolute Gasteiger partial charge is 0.394 e. The number of H-pyrrole nitrogens is 1. The summed E-state index contributed by atoms with van der Waals surface area (Å²) >= 11 is 5.11. The topological polar surface area (TPSA) is 272 Å². The Kier molecular flexibility index (Phi) is 8.64. The molecule has 2 aromatic heterocycles. The molecule has 2 aliphatic heterocycles. The Hall–Kier alpha value is -3.00. The number of rotatable bonds is 9. The lowest BCUT2D eigenvalue weighted by Crippen LogP contribution is -2.36. The van der Waals surface area contributed by atoms with Crippen LogP contribution >= 0.6 is 6.72 Å². The van der Waals surface area contributed by atoms with Crippen LogP contribution in [0, 0.1) is 0 Å². The first-order valence-corrected chi connectivity index (χ1v) is 14.0. The number of carbonyl (C=O) groups is 1. The van der Waals surface area contributed by atoms with E-state index in [-0.39, 0.29) is 36.6 Å². The van der Waals surface area contributed by atoms with Gasteiger partial charge in [0.05, 0.1) is 31.7 Å². The molecular formula is C19H28N9O9PS. The molecule has 0 radical (unpaired) electrons. The lowest BCUT2D eigenvalue weighted by Gasteiger charge is -2.24. The number of hydrogen-bond donors (Lipinski definition) is 7. The maximum atomic E-state index is 12.2. The molecule has 18 nitrogen and oxygen atoms in total. The van der Waals surface area contributed by atoms with Gasteiger partial charge in [-0.15, -0.1) is 0 Å². The van der Waals surface area contributed by atoms with Crippen LogP contribution in [0.2, 0.25) is 0 Å². The Labute approximate surface area is 225 Å². The van der Waals surface area contributed by atoms with Crippen LogP contribution in [0.15, 0.2) is 28.9 Å². The number of fused-ring (bicyclic) bond motifs is 1. The number of aromatic amines is 1. The minimum absolute atomic E-state index is 0.0289. The summed E-state index contributed by atoms with van der Waals surface area (Å²) in [4.78, 5) is 49.8. The molecule has 39 heavy (non-hydrogen) atoms. The first-order valence-electron chi connectivity index (χ1n) is 11.4. The second-order valence-corrected chi connectivity index (χ2v) is 11.4. The van der Waals surface area contributed by atoms with E-state index in [2.05, 4.69) is 26.5 Å². The Balaban J connectivity index is 1.37. The van der Waals surface area contributed by atoms with Crippen LogP contribution in [-0.4, -0.2) is 95.4 Å². The number of nitrogens with zero attached hydrogens (tertiary/aromatic N) is 5. The third kappa shape index (κ3) is 6.43. The number of imidazole rings is 1. The Morgan fingerprint density at radius 2 is 2.15 bits per heavy atom. The molecule has 2 aliphatic rings. The number of nitrogens with one attached hydrogen (secondary N) is 1. The summed E-state index contributed by atoms with van der Waals surface area (Å²) in [6, 6.07) is -0.859. The molecule has 0 spiro atoms. The number of aliphatic imine (C=N–C) groups is 1. The number of carbonyl (C=O) groups excluding carboxylic acids is 1. The third-order valence-electron chi connectivity index (χ3n) is 5.95. The van der Waals surface area contributed by atoms with E-state index in [1.54, 1.807) is 0 Å². The lowest BCUT2D eigenvalue weighted by molar-refractivity contribution is -0.0557. The molecule has 0 bridgehead atoms. The predicted octanol–water partition coefficient (Wildman–Crippen LogP) is -2.08. The summed E-state index contributed by atoms with van der Waals surface area (Å²) in [5.41, 5.74) is 15.8. The van der Waals surface area contributed by atoms with Crippen LogP contribution in [0.1, 0.15) is 19.1 Å². The van der Waals surface area contributed by atoms with E-state index < -0.39 is 67.7 Å². The average molecular weight is 590 g/mol. The normalized spacial score (nSPS) is 28.3. The first kappa shape index (κ1) is 29.0. The van der Waals surface area contributed by atoms with Crippen LogP contribution in [0.3, 0.4) is 0 Å². The number of guanidine groups is 1. The van der Waals surface area contributed by atoms with Crippen molar-refractivity contribution in [1.29, 1.82) is 0 Å². The number of amides is 2. The van der Waals surface area contributed by atoms with Crippen molar-refractivity contribution in [2.45, 2.75) is 49.7 Å². The van der Waals surface area contributed by atoms with Crippen molar-refractivity contribution < 1.29 is 38.4 Å². The predicted molar refractivity (Wildman–Crippen MR) is 138 cm³/mol. The van der Waals surface area contributed by atoms with Crippen molar-refractivity contribution in [3.8, 4) is 0 Å². The molecule has 214 valence electrons. The molecule has 2 fully saturated rings. The Bertz CT molecular complexity index is 1370. The zero-order chi connectivity index (χ0) is 28.5. The van der Waals surface area contributed by atoms with Gasteiger partial charge in [0.2, 0.25) is 5.95 Å². The van der Waals surface area contributed by atoms with Gasteiger partial charge in [-0.1, -0.05) is 6.58 Å². The number of anilines is 1. The monoisotopic (exact) mass is 589 g/mol. The molecule has 0 saturated carbocycles. The van der Waals surface area contributed by atoms with Crippen molar-refractivity contribution in [2.75, 3.05) is 18.9 Å². The SMILES string of the molecule is C=CN(C(=O)N=C(N)N)[C@H]1C[C@@H](OP(O)(=S)OC[C@H]2O[C@@H](n3cnc4c(=O)[nH]c(N)nc43)C[C@H]2O)[C@@H](CO)O1. The van der Waals surface area contributed by atoms with E-state index >= 15 is 0 Å². The fourth-order valence-electron chi connectivity index (χ4n) is 4.19. The van der Waals surface area contributed by atoms with Gasteiger partial charge in [0, 0.05) is 19.0 Å². The quantitative estimate of drug-likeness (QED) is 0.0939. The number of urea groups is 1. The molecule has 0 aliphatic carbocycles. The molecule has 10 N–H and O–H groups in total. The standard InChI is InChI=1S/C19H28N9O9PS/c1-2-27(19(32)26-17(20)21)13-4-9(10(5-29)35-13)37-38(33,39)34-6-11-8(30)3-12(36-11)28-7-23-14-15(28)24-18(22)25-16(14)31/h2,7-13,29-30H,1,3-6H2,(H,33,39)(H4,20,21,26,32)(H3,22,24,25,31)/t8-,9-,10-,11-,12-,13-,38?/m1/s1. The molecule has 4 heterocycles. The van der Waals surface area contributed by atoms with Crippen molar-refractivity contribution in [2.24, 2.45) is 16.5 Å². The second-order valence-electron chi connectivity index (χ2n) is 8.57.